The molecular weight excluding hydrogens is 230 g/mol. The fourth-order valence-electron chi connectivity index (χ4n) is 1.15. The first-order valence-electron chi connectivity index (χ1n) is 4.88. The smallest absolute Gasteiger partial charge is 0.149 e. The molecule has 3 nitrogen and oxygen atoms in total. The van der Waals surface area contributed by atoms with E-state index in [1.807, 2.05) is 11.8 Å². The van der Waals surface area contributed by atoms with Crippen molar-refractivity contribution in [1.82, 2.24) is 4.98 Å². The Morgan fingerprint density at radius 1 is 1.67 bits per heavy atom. The first-order chi connectivity index (χ1) is 7.13. The molecule has 0 aliphatic rings. The lowest BCUT2D eigenvalue weighted by Crippen LogP contribution is -2.19. The van der Waals surface area contributed by atoms with Gasteiger partial charge in [-0.2, -0.15) is 11.8 Å². The number of aromatic nitrogens is 1. The SMILES string of the molecule is CCSCC(C)Nc1ncc(Cl)cc1N. The first-order valence-corrected chi connectivity index (χ1v) is 6.42. The summed E-state index contributed by atoms with van der Waals surface area (Å²) in [5, 5.41) is 3.82. The number of nitrogens with two attached hydrogens (primary N) is 1. The standard InChI is InChI=1S/C10H16ClN3S/c1-3-15-6-7(2)14-10-9(12)4-8(11)5-13-10/h4-5,7H,3,6,12H2,1-2H3,(H,13,14). The molecule has 1 atom stereocenters. The lowest BCUT2D eigenvalue weighted by atomic mass is 10.3. The van der Waals surface area contributed by atoms with Crippen molar-refractivity contribution < 1.29 is 0 Å². The average molecular weight is 246 g/mol. The van der Waals surface area contributed by atoms with Crippen molar-refractivity contribution in [2.45, 2.75) is 19.9 Å². The molecule has 0 saturated heterocycles. The molecule has 0 radical (unpaired) electrons. The van der Waals surface area contributed by atoms with Crippen LogP contribution in [0, 0.1) is 0 Å². The fourth-order valence-corrected chi connectivity index (χ4v) is 1.98. The van der Waals surface area contributed by atoms with Crippen LogP contribution in [0.4, 0.5) is 11.5 Å². The number of pyridine rings is 1. The summed E-state index contributed by atoms with van der Waals surface area (Å²) >= 11 is 7.65. The second kappa shape index (κ2) is 6.08. The summed E-state index contributed by atoms with van der Waals surface area (Å²) in [5.74, 6) is 2.87. The van der Waals surface area contributed by atoms with E-state index in [9.17, 15) is 0 Å². The highest BCUT2D eigenvalue weighted by atomic mass is 35.5. The van der Waals surface area contributed by atoms with Gasteiger partial charge in [0.25, 0.3) is 0 Å². The predicted octanol–water partition coefficient (Wildman–Crippen LogP) is 2.87. The van der Waals surface area contributed by atoms with Crippen molar-refractivity contribution in [3.05, 3.63) is 17.3 Å². The number of nitrogens with zero attached hydrogens (tertiary/aromatic N) is 1. The molecule has 15 heavy (non-hydrogen) atoms. The van der Waals surface area contributed by atoms with Crippen molar-refractivity contribution in [2.24, 2.45) is 0 Å². The van der Waals surface area contributed by atoms with E-state index in [0.717, 1.165) is 11.5 Å². The van der Waals surface area contributed by atoms with Crippen LogP contribution in [0.1, 0.15) is 13.8 Å². The second-order valence-corrected chi connectivity index (χ2v) is 5.05. The van der Waals surface area contributed by atoms with Crippen molar-refractivity contribution in [1.29, 1.82) is 0 Å². The van der Waals surface area contributed by atoms with Crippen LogP contribution < -0.4 is 11.1 Å². The monoisotopic (exact) mass is 245 g/mol. The zero-order valence-corrected chi connectivity index (χ0v) is 10.5. The minimum Gasteiger partial charge on any atom is -0.396 e. The van der Waals surface area contributed by atoms with E-state index >= 15 is 0 Å². The van der Waals surface area contributed by atoms with Gasteiger partial charge < -0.3 is 11.1 Å². The topological polar surface area (TPSA) is 50.9 Å². The number of hydrogen-bond donors (Lipinski definition) is 2. The Kier molecular flexibility index (Phi) is 5.05. The van der Waals surface area contributed by atoms with E-state index < -0.39 is 0 Å². The molecule has 1 rings (SSSR count). The molecule has 0 bridgehead atoms. The first kappa shape index (κ1) is 12.5. The van der Waals surface area contributed by atoms with E-state index in [1.54, 1.807) is 12.3 Å². The molecule has 0 aromatic carbocycles. The molecular formula is C10H16ClN3S. The molecule has 0 saturated carbocycles. The van der Waals surface area contributed by atoms with Gasteiger partial charge in [-0.25, -0.2) is 4.98 Å². The zero-order chi connectivity index (χ0) is 11.3. The van der Waals surface area contributed by atoms with Gasteiger partial charge in [0.15, 0.2) is 0 Å². The van der Waals surface area contributed by atoms with Gasteiger partial charge in [0, 0.05) is 18.0 Å². The van der Waals surface area contributed by atoms with Crippen LogP contribution in [0.5, 0.6) is 0 Å². The highest BCUT2D eigenvalue weighted by Crippen LogP contribution is 2.20. The van der Waals surface area contributed by atoms with Crippen molar-refractivity contribution >= 4 is 34.9 Å². The lowest BCUT2D eigenvalue weighted by molar-refractivity contribution is 0.903. The highest BCUT2D eigenvalue weighted by Gasteiger charge is 2.06. The summed E-state index contributed by atoms with van der Waals surface area (Å²) in [5.41, 5.74) is 6.38. The maximum absolute atomic E-state index is 5.78. The summed E-state index contributed by atoms with van der Waals surface area (Å²) in [7, 11) is 0. The van der Waals surface area contributed by atoms with Gasteiger partial charge in [-0.3, -0.25) is 0 Å². The molecule has 0 aliphatic heterocycles. The second-order valence-electron chi connectivity index (χ2n) is 3.30. The predicted molar refractivity (Wildman–Crippen MR) is 69.7 cm³/mol. The largest absolute Gasteiger partial charge is 0.396 e. The van der Waals surface area contributed by atoms with Crippen LogP contribution in [0.15, 0.2) is 12.3 Å². The summed E-state index contributed by atoms with van der Waals surface area (Å²) < 4.78 is 0. The van der Waals surface area contributed by atoms with Gasteiger partial charge in [0.2, 0.25) is 0 Å². The van der Waals surface area contributed by atoms with Crippen molar-refractivity contribution in [2.75, 3.05) is 22.6 Å². The Labute approximate surface area is 99.8 Å². The molecule has 1 heterocycles. The number of nitrogen functional groups attached to an aromatic ring is 1. The molecule has 0 spiro atoms. The molecule has 0 amide bonds. The number of hydrogen-bond acceptors (Lipinski definition) is 4. The third-order valence-corrected chi connectivity index (χ3v) is 3.19. The van der Waals surface area contributed by atoms with E-state index in [0.29, 0.717) is 22.6 Å². The van der Waals surface area contributed by atoms with Crippen LogP contribution in [0.25, 0.3) is 0 Å². The third kappa shape index (κ3) is 4.18. The van der Waals surface area contributed by atoms with Gasteiger partial charge in [0.1, 0.15) is 5.82 Å². The number of nitrogens with one attached hydrogen (secondary N) is 1. The molecule has 0 fully saturated rings. The van der Waals surface area contributed by atoms with E-state index in [-0.39, 0.29) is 0 Å². The van der Waals surface area contributed by atoms with Gasteiger partial charge in [0.05, 0.1) is 10.7 Å². The normalized spacial score (nSPS) is 12.5. The third-order valence-electron chi connectivity index (χ3n) is 1.84. The Morgan fingerprint density at radius 3 is 3.00 bits per heavy atom. The Hall–Kier alpha value is -0.610. The van der Waals surface area contributed by atoms with E-state index in [2.05, 4.69) is 24.1 Å². The van der Waals surface area contributed by atoms with Crippen LogP contribution in [-0.4, -0.2) is 22.5 Å². The molecule has 1 aromatic rings. The van der Waals surface area contributed by atoms with Crippen molar-refractivity contribution in [3.8, 4) is 0 Å². The number of thioether (sulfide) groups is 1. The highest BCUT2D eigenvalue weighted by molar-refractivity contribution is 7.99. The maximum atomic E-state index is 5.78. The summed E-state index contributed by atoms with van der Waals surface area (Å²) in [6, 6.07) is 2.06. The van der Waals surface area contributed by atoms with Crippen LogP contribution in [0.3, 0.4) is 0 Å². The number of rotatable bonds is 5. The van der Waals surface area contributed by atoms with E-state index in [1.165, 1.54) is 0 Å². The molecule has 1 unspecified atom stereocenters. The van der Waals surface area contributed by atoms with Crippen LogP contribution in [0.2, 0.25) is 5.02 Å². The van der Waals surface area contributed by atoms with Crippen LogP contribution in [-0.2, 0) is 0 Å². The summed E-state index contributed by atoms with van der Waals surface area (Å²) in [6.45, 7) is 4.25. The van der Waals surface area contributed by atoms with Gasteiger partial charge in [-0.1, -0.05) is 18.5 Å². The van der Waals surface area contributed by atoms with E-state index in [4.69, 9.17) is 17.3 Å². The maximum Gasteiger partial charge on any atom is 0.149 e. The molecule has 1 aromatic heterocycles. The molecule has 5 heteroatoms. The number of anilines is 2. The molecule has 0 aliphatic carbocycles. The Balaban J connectivity index is 2.56. The summed E-state index contributed by atoms with van der Waals surface area (Å²) in [6.07, 6.45) is 1.60. The molecule has 3 N–H and O–H groups in total. The minimum absolute atomic E-state index is 0.353. The lowest BCUT2D eigenvalue weighted by Gasteiger charge is -2.15. The van der Waals surface area contributed by atoms with Gasteiger partial charge >= 0.3 is 0 Å². The average Bonchev–Trinajstić information content (AvgIpc) is 2.19. The zero-order valence-electron chi connectivity index (χ0n) is 8.96. The molecule has 84 valence electrons. The van der Waals surface area contributed by atoms with Gasteiger partial charge in [-0.05, 0) is 18.7 Å². The van der Waals surface area contributed by atoms with Crippen LogP contribution >= 0.6 is 23.4 Å². The minimum atomic E-state index is 0.353. The fraction of sp³-hybridized carbons (Fsp3) is 0.500. The quantitative estimate of drug-likeness (QED) is 0.838. The Morgan fingerprint density at radius 2 is 2.40 bits per heavy atom. The summed E-state index contributed by atoms with van der Waals surface area (Å²) in [4.78, 5) is 4.15. The Bertz CT molecular complexity index is 320. The number of halogens is 1. The van der Waals surface area contributed by atoms with Crippen molar-refractivity contribution in [3.63, 3.8) is 0 Å². The van der Waals surface area contributed by atoms with Gasteiger partial charge in [-0.15, -0.1) is 0 Å².